The predicted molar refractivity (Wildman–Crippen MR) is 62.2 cm³/mol. The Hall–Kier alpha value is -1.07. The van der Waals surface area contributed by atoms with Crippen LogP contribution in [0.25, 0.3) is 0 Å². The van der Waals surface area contributed by atoms with Crippen molar-refractivity contribution in [2.75, 3.05) is 12.3 Å². The molecule has 0 fully saturated rings. The van der Waals surface area contributed by atoms with Crippen molar-refractivity contribution in [3.63, 3.8) is 0 Å². The predicted octanol–water partition coefficient (Wildman–Crippen LogP) is 1.98. The molecular weight excluding hydrogens is 229 g/mol. The number of carboxylic acids is 1. The van der Waals surface area contributed by atoms with E-state index in [0.717, 1.165) is 4.90 Å². The van der Waals surface area contributed by atoms with Crippen molar-refractivity contribution in [2.45, 2.75) is 17.9 Å². The highest BCUT2D eigenvalue weighted by molar-refractivity contribution is 7.99. The third-order valence-corrected chi connectivity index (χ3v) is 3.08. The van der Waals surface area contributed by atoms with Gasteiger partial charge in [-0.15, -0.1) is 11.8 Å². The molecule has 88 valence electrons. The summed E-state index contributed by atoms with van der Waals surface area (Å²) in [6.07, 6.45) is 0. The van der Waals surface area contributed by atoms with E-state index in [1.54, 1.807) is 12.1 Å². The molecule has 5 heteroatoms. The molecule has 0 aliphatic heterocycles. The molecule has 0 bridgehead atoms. The molecular formula is C11H14FNO2S. The van der Waals surface area contributed by atoms with Gasteiger partial charge in [0.15, 0.2) is 0 Å². The fourth-order valence-corrected chi connectivity index (χ4v) is 2.12. The zero-order valence-electron chi connectivity index (χ0n) is 8.94. The first-order chi connectivity index (χ1) is 7.63. The lowest BCUT2D eigenvalue weighted by molar-refractivity contribution is -0.138. The van der Waals surface area contributed by atoms with E-state index in [2.05, 4.69) is 5.32 Å². The molecule has 3 nitrogen and oxygen atoms in total. The average Bonchev–Trinajstić information content (AvgIpc) is 2.26. The van der Waals surface area contributed by atoms with E-state index in [9.17, 15) is 9.18 Å². The van der Waals surface area contributed by atoms with Crippen LogP contribution in [0, 0.1) is 5.82 Å². The number of nitrogens with one attached hydrogen (secondary N) is 1. The molecule has 0 aromatic heterocycles. The van der Waals surface area contributed by atoms with Gasteiger partial charge in [-0.3, -0.25) is 4.79 Å². The van der Waals surface area contributed by atoms with E-state index >= 15 is 0 Å². The van der Waals surface area contributed by atoms with Crippen LogP contribution in [-0.4, -0.2) is 29.4 Å². The molecule has 1 atom stereocenters. The molecule has 2 N–H and O–H groups in total. The lowest BCUT2D eigenvalue weighted by Gasteiger charge is -2.12. The average molecular weight is 243 g/mol. The van der Waals surface area contributed by atoms with Gasteiger partial charge < -0.3 is 10.4 Å². The molecule has 0 amide bonds. The van der Waals surface area contributed by atoms with Gasteiger partial charge in [0.25, 0.3) is 0 Å². The summed E-state index contributed by atoms with van der Waals surface area (Å²) in [7, 11) is 0. The van der Waals surface area contributed by atoms with Gasteiger partial charge in [0, 0.05) is 10.6 Å². The van der Waals surface area contributed by atoms with Gasteiger partial charge >= 0.3 is 5.97 Å². The molecule has 0 aliphatic rings. The summed E-state index contributed by atoms with van der Waals surface area (Å²) < 4.78 is 12.6. The smallest absolute Gasteiger partial charge is 0.321 e. The van der Waals surface area contributed by atoms with Gasteiger partial charge in [-0.1, -0.05) is 6.92 Å². The lowest BCUT2D eigenvalue weighted by atomic mass is 10.3. The van der Waals surface area contributed by atoms with Crippen molar-refractivity contribution in [3.05, 3.63) is 30.1 Å². The van der Waals surface area contributed by atoms with Gasteiger partial charge in [0.1, 0.15) is 11.9 Å². The highest BCUT2D eigenvalue weighted by Gasteiger charge is 2.15. The Labute approximate surface area is 98.1 Å². The third kappa shape index (κ3) is 4.20. The summed E-state index contributed by atoms with van der Waals surface area (Å²) in [5, 5.41) is 11.8. The van der Waals surface area contributed by atoms with Crippen LogP contribution in [0.5, 0.6) is 0 Å². The number of hydrogen-bond acceptors (Lipinski definition) is 3. The largest absolute Gasteiger partial charge is 0.480 e. The van der Waals surface area contributed by atoms with Gasteiger partial charge in [0.05, 0.1) is 0 Å². The lowest BCUT2D eigenvalue weighted by Crippen LogP contribution is -2.38. The third-order valence-electron chi connectivity index (χ3n) is 1.98. The summed E-state index contributed by atoms with van der Waals surface area (Å²) >= 11 is 1.40. The van der Waals surface area contributed by atoms with Crippen molar-refractivity contribution in [1.82, 2.24) is 5.32 Å². The standard InChI is InChI=1S/C11H14FNO2S/c1-2-13-10(11(14)15)7-16-9-5-3-8(12)4-6-9/h3-6,10,13H,2,7H2,1H3,(H,14,15). The summed E-state index contributed by atoms with van der Waals surface area (Å²) in [6.45, 7) is 2.47. The maximum Gasteiger partial charge on any atom is 0.321 e. The fourth-order valence-electron chi connectivity index (χ4n) is 1.17. The molecule has 1 rings (SSSR count). The van der Waals surface area contributed by atoms with Crippen LogP contribution in [0.15, 0.2) is 29.2 Å². The summed E-state index contributed by atoms with van der Waals surface area (Å²) in [5.41, 5.74) is 0. The molecule has 1 unspecified atom stereocenters. The first-order valence-electron chi connectivity index (χ1n) is 4.98. The SMILES string of the molecule is CCNC(CSc1ccc(F)cc1)C(=O)O. The van der Waals surface area contributed by atoms with Gasteiger partial charge in [0.2, 0.25) is 0 Å². The van der Waals surface area contributed by atoms with Crippen molar-refractivity contribution < 1.29 is 14.3 Å². The Morgan fingerprint density at radius 1 is 1.50 bits per heavy atom. The van der Waals surface area contributed by atoms with Crippen LogP contribution in [0.1, 0.15) is 6.92 Å². The van der Waals surface area contributed by atoms with Crippen molar-refractivity contribution >= 4 is 17.7 Å². The first-order valence-corrected chi connectivity index (χ1v) is 5.96. The number of benzene rings is 1. The van der Waals surface area contributed by atoms with Gasteiger partial charge in [-0.05, 0) is 30.8 Å². The van der Waals surface area contributed by atoms with Gasteiger partial charge in [-0.25, -0.2) is 4.39 Å². The minimum absolute atomic E-state index is 0.286. The van der Waals surface area contributed by atoms with Crippen LogP contribution < -0.4 is 5.32 Å². The molecule has 0 saturated carbocycles. The van der Waals surface area contributed by atoms with E-state index in [-0.39, 0.29) is 5.82 Å². The number of thioether (sulfide) groups is 1. The zero-order chi connectivity index (χ0) is 12.0. The van der Waals surface area contributed by atoms with Crippen molar-refractivity contribution in [1.29, 1.82) is 0 Å². The normalized spacial score (nSPS) is 12.4. The number of carbonyl (C=O) groups is 1. The minimum atomic E-state index is -0.864. The Morgan fingerprint density at radius 2 is 2.12 bits per heavy atom. The number of carboxylic acid groups (broad SMARTS) is 1. The van der Waals surface area contributed by atoms with Crippen LogP contribution >= 0.6 is 11.8 Å². The number of aliphatic carboxylic acids is 1. The molecule has 16 heavy (non-hydrogen) atoms. The minimum Gasteiger partial charge on any atom is -0.480 e. The van der Waals surface area contributed by atoms with E-state index in [0.29, 0.717) is 12.3 Å². The Balaban J connectivity index is 2.48. The Bertz CT molecular complexity index is 342. The van der Waals surface area contributed by atoms with E-state index in [4.69, 9.17) is 5.11 Å². The number of halogens is 1. The zero-order valence-corrected chi connectivity index (χ0v) is 9.76. The molecule has 0 spiro atoms. The van der Waals surface area contributed by atoms with Crippen molar-refractivity contribution in [3.8, 4) is 0 Å². The number of hydrogen-bond donors (Lipinski definition) is 2. The molecule has 0 radical (unpaired) electrons. The second-order valence-electron chi connectivity index (χ2n) is 3.21. The topological polar surface area (TPSA) is 49.3 Å². The van der Waals surface area contributed by atoms with Crippen LogP contribution in [-0.2, 0) is 4.79 Å². The van der Waals surface area contributed by atoms with E-state index in [1.807, 2.05) is 6.92 Å². The van der Waals surface area contributed by atoms with Crippen molar-refractivity contribution in [2.24, 2.45) is 0 Å². The molecule has 1 aromatic rings. The highest BCUT2D eigenvalue weighted by Crippen LogP contribution is 2.18. The van der Waals surface area contributed by atoms with Crippen LogP contribution in [0.4, 0.5) is 4.39 Å². The molecule has 1 aromatic carbocycles. The summed E-state index contributed by atoms with van der Waals surface area (Å²) in [6, 6.07) is 5.45. The van der Waals surface area contributed by atoms with Crippen LogP contribution in [0.3, 0.4) is 0 Å². The molecule has 0 heterocycles. The van der Waals surface area contributed by atoms with Gasteiger partial charge in [-0.2, -0.15) is 0 Å². The Kier molecular flexibility index (Phi) is 5.28. The summed E-state index contributed by atoms with van der Waals surface area (Å²) in [5.74, 6) is -0.725. The second-order valence-corrected chi connectivity index (χ2v) is 4.31. The maximum atomic E-state index is 12.6. The van der Waals surface area contributed by atoms with Crippen LogP contribution in [0.2, 0.25) is 0 Å². The van der Waals surface area contributed by atoms with E-state index in [1.165, 1.54) is 23.9 Å². The second kappa shape index (κ2) is 6.50. The molecule has 0 saturated heterocycles. The van der Waals surface area contributed by atoms with E-state index < -0.39 is 12.0 Å². The highest BCUT2D eigenvalue weighted by atomic mass is 32.2. The fraction of sp³-hybridized carbons (Fsp3) is 0.364. The monoisotopic (exact) mass is 243 g/mol. The quantitative estimate of drug-likeness (QED) is 0.750. The first kappa shape index (κ1) is 13.0. The molecule has 0 aliphatic carbocycles. The number of rotatable bonds is 6. The Morgan fingerprint density at radius 3 is 2.62 bits per heavy atom. The maximum absolute atomic E-state index is 12.6. The number of likely N-dealkylation sites (N-methyl/N-ethyl adjacent to an activating group) is 1. The summed E-state index contributed by atoms with van der Waals surface area (Å²) in [4.78, 5) is 11.7.